The van der Waals surface area contributed by atoms with Gasteiger partial charge in [-0.1, -0.05) is 11.6 Å². The molecular formula is C14H11ClFN3O. The number of amides is 1. The molecule has 20 heavy (non-hydrogen) atoms. The first kappa shape index (κ1) is 13.0. The third-order valence-electron chi connectivity index (χ3n) is 3.31. The number of carbonyl (C=O) groups is 1. The standard InChI is InChI=1S/C14H11ClFN3O/c15-12-5-10(16)1-2-11(12)14(20)19-4-3-13-9(7-19)6-17-8-18-13/h1-2,5-6,8H,3-4,7H2. The Labute approximate surface area is 120 Å². The predicted octanol–water partition coefficient (Wildman–Crippen LogP) is 2.47. The summed E-state index contributed by atoms with van der Waals surface area (Å²) in [5, 5.41) is 0.130. The molecule has 0 N–H and O–H groups in total. The lowest BCUT2D eigenvalue weighted by Gasteiger charge is -2.28. The number of rotatable bonds is 1. The van der Waals surface area contributed by atoms with Crippen molar-refractivity contribution in [3.63, 3.8) is 0 Å². The van der Waals surface area contributed by atoms with Gasteiger partial charge in [0.2, 0.25) is 0 Å². The first-order valence-corrected chi connectivity index (χ1v) is 6.55. The van der Waals surface area contributed by atoms with Crippen LogP contribution in [0.4, 0.5) is 4.39 Å². The maximum atomic E-state index is 13.0. The molecule has 2 aromatic rings. The van der Waals surface area contributed by atoms with Gasteiger partial charge in [0, 0.05) is 31.3 Å². The molecule has 4 nitrogen and oxygen atoms in total. The van der Waals surface area contributed by atoms with Crippen molar-refractivity contribution in [2.24, 2.45) is 0 Å². The summed E-state index contributed by atoms with van der Waals surface area (Å²) in [5.74, 6) is -0.659. The van der Waals surface area contributed by atoms with E-state index in [4.69, 9.17) is 11.6 Å². The Morgan fingerprint density at radius 3 is 3.05 bits per heavy atom. The van der Waals surface area contributed by atoms with Crippen LogP contribution in [0, 0.1) is 5.82 Å². The first-order valence-electron chi connectivity index (χ1n) is 6.17. The molecule has 0 fully saturated rings. The van der Waals surface area contributed by atoms with E-state index in [1.54, 1.807) is 11.1 Å². The van der Waals surface area contributed by atoms with Crippen LogP contribution in [0.2, 0.25) is 5.02 Å². The van der Waals surface area contributed by atoms with E-state index in [-0.39, 0.29) is 10.9 Å². The monoisotopic (exact) mass is 291 g/mol. The second-order valence-electron chi connectivity index (χ2n) is 4.60. The number of nitrogens with zero attached hydrogens (tertiary/aromatic N) is 3. The van der Waals surface area contributed by atoms with Crippen molar-refractivity contribution in [3.05, 3.63) is 58.4 Å². The Morgan fingerprint density at radius 2 is 2.25 bits per heavy atom. The molecule has 6 heteroatoms. The highest BCUT2D eigenvalue weighted by atomic mass is 35.5. The zero-order chi connectivity index (χ0) is 14.1. The summed E-state index contributed by atoms with van der Waals surface area (Å²) < 4.78 is 13.0. The number of hydrogen-bond donors (Lipinski definition) is 0. The van der Waals surface area contributed by atoms with Gasteiger partial charge in [-0.05, 0) is 18.2 Å². The fourth-order valence-electron chi connectivity index (χ4n) is 2.27. The number of halogens is 2. The zero-order valence-electron chi connectivity index (χ0n) is 10.5. The van der Waals surface area contributed by atoms with Crippen LogP contribution in [0.3, 0.4) is 0 Å². The summed E-state index contributed by atoms with van der Waals surface area (Å²) in [4.78, 5) is 22.3. The van der Waals surface area contributed by atoms with Crippen molar-refractivity contribution >= 4 is 17.5 Å². The zero-order valence-corrected chi connectivity index (χ0v) is 11.3. The molecule has 0 bridgehead atoms. The van der Waals surface area contributed by atoms with Crippen molar-refractivity contribution in [2.75, 3.05) is 6.54 Å². The van der Waals surface area contributed by atoms with E-state index in [0.29, 0.717) is 25.1 Å². The fraction of sp³-hybridized carbons (Fsp3) is 0.214. The van der Waals surface area contributed by atoms with Gasteiger partial charge in [0.05, 0.1) is 16.3 Å². The Morgan fingerprint density at radius 1 is 1.40 bits per heavy atom. The van der Waals surface area contributed by atoms with Gasteiger partial charge < -0.3 is 4.90 Å². The fourth-order valence-corrected chi connectivity index (χ4v) is 2.52. The minimum atomic E-state index is -0.455. The summed E-state index contributed by atoms with van der Waals surface area (Å²) in [7, 11) is 0. The number of aromatic nitrogens is 2. The van der Waals surface area contributed by atoms with Gasteiger partial charge in [0.25, 0.3) is 5.91 Å². The molecule has 102 valence electrons. The number of hydrogen-bond acceptors (Lipinski definition) is 3. The van der Waals surface area contributed by atoms with E-state index in [0.717, 1.165) is 17.3 Å². The minimum absolute atomic E-state index is 0.130. The number of benzene rings is 1. The third kappa shape index (κ3) is 2.36. The van der Waals surface area contributed by atoms with Crippen LogP contribution in [-0.2, 0) is 13.0 Å². The van der Waals surface area contributed by atoms with E-state index in [2.05, 4.69) is 9.97 Å². The van der Waals surface area contributed by atoms with Gasteiger partial charge in [-0.25, -0.2) is 14.4 Å². The average molecular weight is 292 g/mol. The molecule has 0 spiro atoms. The minimum Gasteiger partial charge on any atom is -0.334 e. The van der Waals surface area contributed by atoms with Crippen molar-refractivity contribution in [1.82, 2.24) is 14.9 Å². The van der Waals surface area contributed by atoms with Crippen molar-refractivity contribution < 1.29 is 9.18 Å². The summed E-state index contributed by atoms with van der Waals surface area (Å²) in [6.45, 7) is 1.01. The van der Waals surface area contributed by atoms with Crippen LogP contribution >= 0.6 is 11.6 Å². The molecule has 1 amide bonds. The molecule has 2 heterocycles. The topological polar surface area (TPSA) is 46.1 Å². The molecule has 1 aromatic carbocycles. The van der Waals surface area contributed by atoms with Crippen molar-refractivity contribution in [3.8, 4) is 0 Å². The Hall–Kier alpha value is -2.01. The van der Waals surface area contributed by atoms with Crippen LogP contribution in [0.25, 0.3) is 0 Å². The van der Waals surface area contributed by atoms with Gasteiger partial charge in [0.15, 0.2) is 0 Å². The van der Waals surface area contributed by atoms with E-state index in [1.165, 1.54) is 18.5 Å². The average Bonchev–Trinajstić information content (AvgIpc) is 2.46. The molecule has 0 radical (unpaired) electrons. The Kier molecular flexibility index (Phi) is 3.36. The predicted molar refractivity (Wildman–Crippen MR) is 71.9 cm³/mol. The van der Waals surface area contributed by atoms with E-state index < -0.39 is 5.82 Å². The maximum absolute atomic E-state index is 13.0. The van der Waals surface area contributed by atoms with Crippen LogP contribution in [0.5, 0.6) is 0 Å². The lowest BCUT2D eigenvalue weighted by molar-refractivity contribution is 0.0733. The summed E-state index contributed by atoms with van der Waals surface area (Å²) >= 11 is 5.93. The summed E-state index contributed by atoms with van der Waals surface area (Å²) in [5.41, 5.74) is 2.22. The normalized spacial score (nSPS) is 14.0. The number of carbonyl (C=O) groups excluding carboxylic acids is 1. The molecule has 1 aromatic heterocycles. The highest BCUT2D eigenvalue weighted by Gasteiger charge is 2.24. The van der Waals surface area contributed by atoms with Crippen LogP contribution < -0.4 is 0 Å². The Balaban J connectivity index is 1.86. The lowest BCUT2D eigenvalue weighted by atomic mass is 10.1. The molecule has 0 atom stereocenters. The van der Waals surface area contributed by atoms with Crippen LogP contribution in [0.1, 0.15) is 21.6 Å². The molecule has 1 aliphatic rings. The summed E-state index contributed by atoms with van der Waals surface area (Å²) in [6.07, 6.45) is 3.91. The van der Waals surface area contributed by atoms with Crippen LogP contribution in [-0.4, -0.2) is 27.3 Å². The van der Waals surface area contributed by atoms with Gasteiger partial charge >= 0.3 is 0 Å². The largest absolute Gasteiger partial charge is 0.334 e. The van der Waals surface area contributed by atoms with E-state index in [1.807, 2.05) is 0 Å². The second-order valence-corrected chi connectivity index (χ2v) is 5.00. The highest BCUT2D eigenvalue weighted by Crippen LogP contribution is 2.22. The van der Waals surface area contributed by atoms with Crippen molar-refractivity contribution in [2.45, 2.75) is 13.0 Å². The molecule has 1 aliphatic heterocycles. The number of fused-ring (bicyclic) bond motifs is 1. The van der Waals surface area contributed by atoms with E-state index in [9.17, 15) is 9.18 Å². The molecule has 0 saturated carbocycles. The Bertz CT molecular complexity index is 677. The molecule has 3 rings (SSSR count). The SMILES string of the molecule is O=C(c1ccc(F)cc1Cl)N1CCc2ncncc2C1. The van der Waals surface area contributed by atoms with Gasteiger partial charge in [-0.2, -0.15) is 0 Å². The summed E-state index contributed by atoms with van der Waals surface area (Å²) in [6, 6.07) is 3.80. The lowest BCUT2D eigenvalue weighted by Crippen LogP contribution is -2.36. The second kappa shape index (κ2) is 5.17. The highest BCUT2D eigenvalue weighted by molar-refractivity contribution is 6.33. The quantitative estimate of drug-likeness (QED) is 0.811. The van der Waals surface area contributed by atoms with Gasteiger partial charge in [-0.3, -0.25) is 4.79 Å². The molecule has 0 saturated heterocycles. The van der Waals surface area contributed by atoms with Gasteiger partial charge in [-0.15, -0.1) is 0 Å². The van der Waals surface area contributed by atoms with Crippen molar-refractivity contribution in [1.29, 1.82) is 0 Å². The molecule has 0 aliphatic carbocycles. The van der Waals surface area contributed by atoms with Crippen LogP contribution in [0.15, 0.2) is 30.7 Å². The maximum Gasteiger partial charge on any atom is 0.255 e. The smallest absolute Gasteiger partial charge is 0.255 e. The van der Waals surface area contributed by atoms with Gasteiger partial charge in [0.1, 0.15) is 12.1 Å². The first-order chi connectivity index (χ1) is 9.65. The molecular weight excluding hydrogens is 281 g/mol. The third-order valence-corrected chi connectivity index (χ3v) is 3.62. The molecule has 0 unspecified atom stereocenters. The van der Waals surface area contributed by atoms with E-state index >= 15 is 0 Å².